The van der Waals surface area contributed by atoms with Crippen molar-refractivity contribution in [2.45, 2.75) is 98.2 Å². The number of aliphatic hydroxyl groups is 2. The van der Waals surface area contributed by atoms with Crippen molar-refractivity contribution in [3.8, 4) is 0 Å². The second-order valence-electron chi connectivity index (χ2n) is 13.6. The van der Waals surface area contributed by atoms with E-state index in [0.29, 0.717) is 35.5 Å². The lowest BCUT2D eigenvalue weighted by Crippen LogP contribution is -2.61. The van der Waals surface area contributed by atoms with Crippen LogP contribution in [0.4, 0.5) is 0 Å². The number of fused-ring (bicyclic) bond motifs is 5. The Balaban J connectivity index is 1.45. The van der Waals surface area contributed by atoms with Crippen molar-refractivity contribution in [3.05, 3.63) is 0 Å². The van der Waals surface area contributed by atoms with Crippen LogP contribution in [0.15, 0.2) is 0 Å². The molecule has 4 rings (SSSR count). The molecule has 1 amide bonds. The molecular formula is C28H49NO6S. The Morgan fingerprint density at radius 1 is 1.00 bits per heavy atom. The molecular weight excluding hydrogens is 478 g/mol. The Morgan fingerprint density at radius 3 is 2.31 bits per heavy atom. The summed E-state index contributed by atoms with van der Waals surface area (Å²) in [6.07, 6.45) is 7.52. The molecule has 0 bridgehead atoms. The van der Waals surface area contributed by atoms with E-state index in [0.717, 1.165) is 51.4 Å². The first kappa shape index (κ1) is 28.3. The molecule has 0 aromatic rings. The summed E-state index contributed by atoms with van der Waals surface area (Å²) in [5.41, 5.74) is 0.349. The number of hydrogen-bond acceptors (Lipinski definition) is 5. The van der Waals surface area contributed by atoms with Crippen LogP contribution in [0, 0.1) is 58.2 Å². The quantitative estimate of drug-likeness (QED) is 0.373. The molecule has 8 heteroatoms. The largest absolute Gasteiger partial charge is 0.393 e. The summed E-state index contributed by atoms with van der Waals surface area (Å²) in [6, 6.07) is 0. The summed E-state index contributed by atoms with van der Waals surface area (Å²) in [4.78, 5) is 12.6. The maximum Gasteiger partial charge on any atom is 0.266 e. The molecule has 0 saturated heterocycles. The molecule has 4 saturated carbocycles. The van der Waals surface area contributed by atoms with Crippen molar-refractivity contribution in [2.75, 3.05) is 12.3 Å². The molecule has 12 atom stereocenters. The van der Waals surface area contributed by atoms with Crippen LogP contribution >= 0.6 is 0 Å². The summed E-state index contributed by atoms with van der Waals surface area (Å²) in [6.45, 7) is 11.2. The average Bonchev–Trinajstić information content (AvgIpc) is 3.14. The maximum atomic E-state index is 12.6. The van der Waals surface area contributed by atoms with E-state index in [9.17, 15) is 23.4 Å². The third-order valence-corrected chi connectivity index (χ3v) is 12.4. The van der Waals surface area contributed by atoms with Gasteiger partial charge in [-0.3, -0.25) is 9.35 Å². The summed E-state index contributed by atoms with van der Waals surface area (Å²) < 4.78 is 30.8. The second-order valence-corrected chi connectivity index (χ2v) is 15.2. The highest BCUT2D eigenvalue weighted by Crippen LogP contribution is 2.69. The van der Waals surface area contributed by atoms with Gasteiger partial charge in [-0.2, -0.15) is 8.42 Å². The lowest BCUT2D eigenvalue weighted by atomic mass is 9.42. The second kappa shape index (κ2) is 10.1. The molecule has 4 N–H and O–H groups in total. The highest BCUT2D eigenvalue weighted by molar-refractivity contribution is 7.85. The first-order valence-corrected chi connectivity index (χ1v) is 15.9. The van der Waals surface area contributed by atoms with Gasteiger partial charge in [-0.15, -0.1) is 0 Å². The van der Waals surface area contributed by atoms with Crippen LogP contribution < -0.4 is 5.32 Å². The zero-order valence-corrected chi connectivity index (χ0v) is 23.6. The van der Waals surface area contributed by atoms with Gasteiger partial charge in [0.05, 0.1) is 18.0 Å². The van der Waals surface area contributed by atoms with Gasteiger partial charge in [-0.25, -0.2) is 0 Å². The van der Waals surface area contributed by atoms with Crippen molar-refractivity contribution >= 4 is 16.0 Å². The van der Waals surface area contributed by atoms with Crippen LogP contribution in [0.1, 0.15) is 86.0 Å². The number of amides is 1. The SMILES string of the molecule is CC(C[C@@H](C)[C@H]1CCC2C3C(CC[C@@]21C)[C@@]1(C)CC[C@@H](O)CC1[C@@H](C)[C@H]3O)C(=O)NCCS(=O)(=O)O. The number of rotatable bonds is 7. The first-order valence-electron chi connectivity index (χ1n) is 14.3. The van der Waals surface area contributed by atoms with E-state index in [1.165, 1.54) is 0 Å². The molecule has 7 nitrogen and oxygen atoms in total. The smallest absolute Gasteiger partial charge is 0.266 e. The highest BCUT2D eigenvalue weighted by Gasteiger charge is 2.64. The minimum atomic E-state index is -4.08. The average molecular weight is 528 g/mol. The normalized spacial score (nSPS) is 46.2. The van der Waals surface area contributed by atoms with Crippen LogP contribution in [-0.2, 0) is 14.9 Å². The van der Waals surface area contributed by atoms with E-state index in [-0.39, 0.29) is 47.3 Å². The summed E-state index contributed by atoms with van der Waals surface area (Å²) in [7, 11) is -4.08. The Kier molecular flexibility index (Phi) is 7.96. The van der Waals surface area contributed by atoms with Crippen LogP contribution in [-0.4, -0.2) is 53.6 Å². The van der Waals surface area contributed by atoms with E-state index in [1.54, 1.807) is 0 Å². The van der Waals surface area contributed by atoms with Gasteiger partial charge >= 0.3 is 0 Å². The third kappa shape index (κ3) is 5.01. The van der Waals surface area contributed by atoms with Crippen LogP contribution in [0.3, 0.4) is 0 Å². The van der Waals surface area contributed by atoms with Gasteiger partial charge in [-0.1, -0.05) is 34.6 Å². The molecule has 208 valence electrons. The van der Waals surface area contributed by atoms with Gasteiger partial charge in [0.25, 0.3) is 10.1 Å². The monoisotopic (exact) mass is 527 g/mol. The number of carbonyl (C=O) groups is 1. The van der Waals surface area contributed by atoms with Crippen molar-refractivity contribution in [1.29, 1.82) is 0 Å². The van der Waals surface area contributed by atoms with Crippen LogP contribution in [0.2, 0.25) is 0 Å². The van der Waals surface area contributed by atoms with Gasteiger partial charge in [0.1, 0.15) is 0 Å². The predicted molar refractivity (Wildman–Crippen MR) is 140 cm³/mol. The van der Waals surface area contributed by atoms with E-state index >= 15 is 0 Å². The highest BCUT2D eigenvalue weighted by atomic mass is 32.2. The summed E-state index contributed by atoms with van der Waals surface area (Å²) in [5, 5.41) is 24.7. The van der Waals surface area contributed by atoms with Crippen LogP contribution in [0.5, 0.6) is 0 Å². The maximum absolute atomic E-state index is 12.6. The Bertz CT molecular complexity index is 925. The molecule has 4 fully saturated rings. The van der Waals surface area contributed by atoms with Crippen molar-refractivity contribution in [1.82, 2.24) is 5.32 Å². The van der Waals surface area contributed by atoms with E-state index < -0.39 is 15.9 Å². The molecule has 4 aliphatic carbocycles. The fourth-order valence-electron chi connectivity index (χ4n) is 9.93. The molecule has 36 heavy (non-hydrogen) atoms. The molecule has 0 aromatic heterocycles. The molecule has 0 aliphatic heterocycles. The van der Waals surface area contributed by atoms with Gasteiger partial charge in [0, 0.05) is 12.5 Å². The summed E-state index contributed by atoms with van der Waals surface area (Å²) >= 11 is 0. The number of hydrogen-bond donors (Lipinski definition) is 4. The zero-order valence-electron chi connectivity index (χ0n) is 22.8. The standard InChI is InChI=1S/C28H49NO6S/c1-16(14-17(2)26(32)29-12-13-36(33,34)35)20-6-7-21-24-22(9-11-27(20,21)4)28(5)10-8-19(30)15-23(28)18(3)25(24)31/h16-25,30-31H,6-15H2,1-5H3,(H,29,32)(H,33,34,35)/t16-,17?,18-,19-,20-,21?,22?,23?,24?,25-,27-,28-/m1/s1. The number of aliphatic hydroxyl groups excluding tert-OH is 2. The van der Waals surface area contributed by atoms with Crippen molar-refractivity contribution in [3.63, 3.8) is 0 Å². The third-order valence-electron chi connectivity index (χ3n) is 11.7. The van der Waals surface area contributed by atoms with E-state index in [2.05, 4.69) is 33.0 Å². The molecule has 0 radical (unpaired) electrons. The minimum Gasteiger partial charge on any atom is -0.393 e. The van der Waals surface area contributed by atoms with Gasteiger partial charge in [0.15, 0.2) is 0 Å². The Labute approximate surface area is 217 Å². The predicted octanol–water partition coefficient (Wildman–Crippen LogP) is 3.89. The fourth-order valence-corrected chi connectivity index (χ4v) is 10.3. The van der Waals surface area contributed by atoms with Gasteiger partial charge in [-0.05, 0) is 104 Å². The number of carbonyl (C=O) groups excluding carboxylic acids is 1. The number of nitrogens with one attached hydrogen (secondary N) is 1. The lowest BCUT2D eigenvalue weighted by Gasteiger charge is -2.64. The zero-order chi connectivity index (χ0) is 26.6. The van der Waals surface area contributed by atoms with Crippen molar-refractivity contribution < 1.29 is 28.0 Å². The van der Waals surface area contributed by atoms with Gasteiger partial charge < -0.3 is 15.5 Å². The van der Waals surface area contributed by atoms with E-state index in [4.69, 9.17) is 4.55 Å². The van der Waals surface area contributed by atoms with Gasteiger partial charge in [0.2, 0.25) is 5.91 Å². The van der Waals surface area contributed by atoms with E-state index in [1.807, 2.05) is 6.92 Å². The molecule has 0 heterocycles. The fraction of sp³-hybridized carbons (Fsp3) is 0.964. The minimum absolute atomic E-state index is 0.0739. The molecule has 5 unspecified atom stereocenters. The molecule has 0 spiro atoms. The Hall–Kier alpha value is -0.700. The van der Waals surface area contributed by atoms with Crippen LogP contribution in [0.25, 0.3) is 0 Å². The first-order chi connectivity index (χ1) is 16.7. The van der Waals surface area contributed by atoms with Crippen molar-refractivity contribution in [2.24, 2.45) is 58.2 Å². The molecule has 4 aliphatic rings. The lowest BCUT2D eigenvalue weighted by molar-refractivity contribution is -0.199. The molecule has 0 aromatic carbocycles. The topological polar surface area (TPSA) is 124 Å². The Morgan fingerprint density at radius 2 is 1.64 bits per heavy atom. The summed E-state index contributed by atoms with van der Waals surface area (Å²) in [5.74, 6) is 1.90.